The smallest absolute Gasteiger partial charge is 0.180 e. The topological polar surface area (TPSA) is 51.2 Å². The average molecular weight is 296 g/mol. The van der Waals surface area contributed by atoms with Crippen LogP contribution in [-0.4, -0.2) is 25.2 Å². The van der Waals surface area contributed by atoms with Gasteiger partial charge in [-0.2, -0.15) is 0 Å². The number of rotatable bonds is 7. The number of carbonyl (C=O) groups excluding carboxylic acids is 1. The molecule has 0 saturated carbocycles. The van der Waals surface area contributed by atoms with Gasteiger partial charge in [0.2, 0.25) is 0 Å². The van der Waals surface area contributed by atoms with Gasteiger partial charge in [0, 0.05) is 5.56 Å². The van der Waals surface area contributed by atoms with Crippen LogP contribution in [0.1, 0.15) is 50.0 Å². The predicted octanol–water partition coefficient (Wildman–Crippen LogP) is 3.28. The first kappa shape index (κ1) is 16.9. The minimum Gasteiger partial charge on any atom is -0.293 e. The number of ketones is 1. The molecule has 1 aromatic rings. The van der Waals surface area contributed by atoms with Crippen molar-refractivity contribution in [3.8, 4) is 0 Å². The van der Waals surface area contributed by atoms with Crippen molar-refractivity contribution in [2.45, 2.75) is 45.8 Å². The van der Waals surface area contributed by atoms with Crippen molar-refractivity contribution in [2.75, 3.05) is 5.75 Å². The standard InChI is InChI=1S/C16H24O3S/c1-5-14-6-8-15(9-7-14)16(17)13(4)20(18,19)11-10-12(2)3/h6-9,12-13H,5,10-11H2,1-4H3. The van der Waals surface area contributed by atoms with Crippen LogP contribution in [0.4, 0.5) is 0 Å². The van der Waals surface area contributed by atoms with E-state index in [-0.39, 0.29) is 11.5 Å². The molecule has 20 heavy (non-hydrogen) atoms. The molecule has 1 aromatic carbocycles. The molecule has 0 bridgehead atoms. The lowest BCUT2D eigenvalue weighted by molar-refractivity contribution is 0.0991. The van der Waals surface area contributed by atoms with Gasteiger partial charge in [-0.25, -0.2) is 8.42 Å². The number of hydrogen-bond donors (Lipinski definition) is 0. The van der Waals surface area contributed by atoms with E-state index in [1.165, 1.54) is 6.92 Å². The summed E-state index contributed by atoms with van der Waals surface area (Å²) in [6, 6.07) is 7.19. The summed E-state index contributed by atoms with van der Waals surface area (Å²) in [7, 11) is -3.37. The van der Waals surface area contributed by atoms with Gasteiger partial charge in [0.15, 0.2) is 15.6 Å². The first-order valence-electron chi connectivity index (χ1n) is 7.12. The largest absolute Gasteiger partial charge is 0.293 e. The molecule has 3 nitrogen and oxygen atoms in total. The number of sulfone groups is 1. The van der Waals surface area contributed by atoms with Crippen molar-refractivity contribution in [2.24, 2.45) is 5.92 Å². The maximum atomic E-state index is 12.3. The maximum absolute atomic E-state index is 12.3. The first-order chi connectivity index (χ1) is 9.27. The van der Waals surface area contributed by atoms with Gasteiger partial charge in [-0.1, -0.05) is 45.0 Å². The van der Waals surface area contributed by atoms with E-state index in [4.69, 9.17) is 0 Å². The Morgan fingerprint density at radius 2 is 1.65 bits per heavy atom. The van der Waals surface area contributed by atoms with E-state index in [1.807, 2.05) is 32.9 Å². The molecular formula is C16H24O3S. The van der Waals surface area contributed by atoms with E-state index >= 15 is 0 Å². The Bertz CT molecular complexity index is 542. The normalized spacial score (nSPS) is 13.4. The van der Waals surface area contributed by atoms with Crippen LogP contribution in [0.25, 0.3) is 0 Å². The molecule has 112 valence electrons. The lowest BCUT2D eigenvalue weighted by Gasteiger charge is -2.13. The molecule has 0 aliphatic carbocycles. The monoisotopic (exact) mass is 296 g/mol. The summed E-state index contributed by atoms with van der Waals surface area (Å²) in [5, 5.41) is -0.964. The van der Waals surface area contributed by atoms with Gasteiger partial charge < -0.3 is 0 Å². The number of aryl methyl sites for hydroxylation is 1. The van der Waals surface area contributed by atoms with Crippen LogP contribution in [-0.2, 0) is 16.3 Å². The van der Waals surface area contributed by atoms with Gasteiger partial charge in [0.1, 0.15) is 5.25 Å². The Morgan fingerprint density at radius 1 is 1.10 bits per heavy atom. The fourth-order valence-corrected chi connectivity index (χ4v) is 3.49. The summed E-state index contributed by atoms with van der Waals surface area (Å²) in [4.78, 5) is 12.3. The zero-order valence-electron chi connectivity index (χ0n) is 12.7. The molecule has 0 spiro atoms. The second kappa shape index (κ2) is 7.02. The van der Waals surface area contributed by atoms with E-state index < -0.39 is 15.1 Å². The fraction of sp³-hybridized carbons (Fsp3) is 0.562. The van der Waals surface area contributed by atoms with Crippen LogP contribution in [0.5, 0.6) is 0 Å². The van der Waals surface area contributed by atoms with Crippen LogP contribution < -0.4 is 0 Å². The van der Waals surface area contributed by atoms with Crippen LogP contribution >= 0.6 is 0 Å². The highest BCUT2D eigenvalue weighted by Gasteiger charge is 2.28. The third kappa shape index (κ3) is 4.44. The van der Waals surface area contributed by atoms with Crippen molar-refractivity contribution in [3.63, 3.8) is 0 Å². The van der Waals surface area contributed by atoms with Crippen molar-refractivity contribution in [1.29, 1.82) is 0 Å². The predicted molar refractivity (Wildman–Crippen MR) is 82.9 cm³/mol. The second-order valence-electron chi connectivity index (χ2n) is 5.61. The lowest BCUT2D eigenvalue weighted by Crippen LogP contribution is -2.30. The number of benzene rings is 1. The van der Waals surface area contributed by atoms with E-state index in [9.17, 15) is 13.2 Å². The molecule has 1 rings (SSSR count). The fourth-order valence-electron chi connectivity index (χ4n) is 1.88. The molecule has 0 fully saturated rings. The Balaban J connectivity index is 2.84. The van der Waals surface area contributed by atoms with Crippen LogP contribution in [0.15, 0.2) is 24.3 Å². The summed E-state index contributed by atoms with van der Waals surface area (Å²) < 4.78 is 24.3. The summed E-state index contributed by atoms with van der Waals surface area (Å²) in [6.45, 7) is 7.48. The van der Waals surface area contributed by atoms with Crippen LogP contribution in [0.2, 0.25) is 0 Å². The van der Waals surface area contributed by atoms with E-state index in [0.717, 1.165) is 12.0 Å². The van der Waals surface area contributed by atoms with Crippen molar-refractivity contribution in [1.82, 2.24) is 0 Å². The van der Waals surface area contributed by atoms with Gasteiger partial charge in [-0.15, -0.1) is 0 Å². The average Bonchev–Trinajstić information content (AvgIpc) is 2.43. The second-order valence-corrected chi connectivity index (χ2v) is 8.05. The van der Waals surface area contributed by atoms with E-state index in [2.05, 4.69) is 0 Å². The molecule has 1 unspecified atom stereocenters. The highest BCUT2D eigenvalue weighted by Crippen LogP contribution is 2.15. The van der Waals surface area contributed by atoms with Crippen LogP contribution in [0.3, 0.4) is 0 Å². The molecule has 0 heterocycles. The molecule has 1 atom stereocenters. The summed E-state index contributed by atoms with van der Waals surface area (Å²) >= 11 is 0. The minimum absolute atomic E-state index is 0.0740. The van der Waals surface area contributed by atoms with Gasteiger partial charge >= 0.3 is 0 Å². The van der Waals surface area contributed by atoms with E-state index in [0.29, 0.717) is 17.9 Å². The quantitative estimate of drug-likeness (QED) is 0.726. The molecule has 4 heteroatoms. The minimum atomic E-state index is -3.37. The van der Waals surface area contributed by atoms with Crippen molar-refractivity contribution in [3.05, 3.63) is 35.4 Å². The molecule has 0 aromatic heterocycles. The Kier molecular flexibility index (Phi) is 5.93. The Labute approximate surface area is 122 Å². The maximum Gasteiger partial charge on any atom is 0.180 e. The zero-order valence-corrected chi connectivity index (χ0v) is 13.5. The number of Topliss-reactive ketones (excluding diaryl/α,β-unsaturated/α-hetero) is 1. The van der Waals surface area contributed by atoms with Crippen LogP contribution in [0, 0.1) is 5.92 Å². The molecular weight excluding hydrogens is 272 g/mol. The summed E-state index contributed by atoms with van der Waals surface area (Å²) in [5.41, 5.74) is 1.61. The Morgan fingerprint density at radius 3 is 2.10 bits per heavy atom. The number of carbonyl (C=O) groups is 1. The molecule has 0 aliphatic heterocycles. The van der Waals surface area contributed by atoms with E-state index in [1.54, 1.807) is 12.1 Å². The molecule has 0 aliphatic rings. The SMILES string of the molecule is CCc1ccc(C(=O)C(C)S(=O)(=O)CCC(C)C)cc1. The van der Waals surface area contributed by atoms with Gasteiger partial charge in [-0.3, -0.25) is 4.79 Å². The number of hydrogen-bond acceptors (Lipinski definition) is 3. The third-order valence-electron chi connectivity index (χ3n) is 3.53. The van der Waals surface area contributed by atoms with Crippen molar-refractivity contribution < 1.29 is 13.2 Å². The first-order valence-corrected chi connectivity index (χ1v) is 8.84. The third-order valence-corrected chi connectivity index (χ3v) is 5.63. The molecule has 0 saturated heterocycles. The zero-order chi connectivity index (χ0) is 15.3. The highest BCUT2D eigenvalue weighted by atomic mass is 32.2. The highest BCUT2D eigenvalue weighted by molar-refractivity contribution is 7.92. The van der Waals surface area contributed by atoms with Gasteiger partial charge in [-0.05, 0) is 31.2 Å². The molecule has 0 N–H and O–H groups in total. The lowest BCUT2D eigenvalue weighted by atomic mass is 10.1. The molecule has 0 radical (unpaired) electrons. The van der Waals surface area contributed by atoms with Gasteiger partial charge in [0.05, 0.1) is 5.75 Å². The van der Waals surface area contributed by atoms with Gasteiger partial charge in [0.25, 0.3) is 0 Å². The summed E-state index contributed by atoms with van der Waals surface area (Å²) in [6.07, 6.45) is 1.49. The van der Waals surface area contributed by atoms with Crippen molar-refractivity contribution >= 4 is 15.6 Å². The Hall–Kier alpha value is -1.16. The molecule has 0 amide bonds. The summed E-state index contributed by atoms with van der Waals surface area (Å²) in [5.74, 6) is 0.0808.